The molecule has 1 aliphatic carbocycles. The maximum absolute atomic E-state index is 12.7. The van der Waals surface area contributed by atoms with Crippen LogP contribution in [-0.4, -0.2) is 5.11 Å². The lowest BCUT2D eigenvalue weighted by molar-refractivity contribution is 0.150. The summed E-state index contributed by atoms with van der Waals surface area (Å²) in [6, 6.07) is 5.98. The maximum Gasteiger partial charge on any atom is 0.123 e. The van der Waals surface area contributed by atoms with E-state index in [0.29, 0.717) is 0 Å². The summed E-state index contributed by atoms with van der Waals surface area (Å²) in [6.07, 6.45) is 8.35. The van der Waals surface area contributed by atoms with Crippen LogP contribution < -0.4 is 0 Å². The van der Waals surface area contributed by atoms with Gasteiger partial charge in [0.15, 0.2) is 0 Å². The van der Waals surface area contributed by atoms with Crippen molar-refractivity contribution in [3.8, 4) is 0 Å². The Labute approximate surface area is 88.6 Å². The zero-order valence-corrected chi connectivity index (χ0v) is 8.31. The Morgan fingerprint density at radius 3 is 2.33 bits per heavy atom. The monoisotopic (exact) mass is 204 g/mol. The third-order valence-electron chi connectivity index (χ3n) is 2.56. The molecule has 0 spiro atoms. The van der Waals surface area contributed by atoms with E-state index in [9.17, 15) is 9.50 Å². The summed E-state index contributed by atoms with van der Waals surface area (Å²) in [4.78, 5) is 0. The van der Waals surface area contributed by atoms with Crippen LogP contribution in [0.3, 0.4) is 0 Å². The van der Waals surface area contributed by atoms with Gasteiger partial charge in [-0.15, -0.1) is 0 Å². The average Bonchev–Trinajstić information content (AvgIpc) is 2.30. The molecule has 0 bridgehead atoms. The zero-order chi connectivity index (χ0) is 10.7. The molecule has 0 aromatic heterocycles. The first-order valence-corrected chi connectivity index (χ1v) is 5.04. The summed E-state index contributed by atoms with van der Waals surface area (Å²) in [7, 11) is 0. The van der Waals surface area contributed by atoms with Crippen molar-refractivity contribution in [2.75, 3.05) is 0 Å². The Kier molecular flexibility index (Phi) is 2.97. The van der Waals surface area contributed by atoms with E-state index in [1.807, 2.05) is 24.3 Å². The van der Waals surface area contributed by atoms with Crippen LogP contribution in [0.4, 0.5) is 4.39 Å². The summed E-state index contributed by atoms with van der Waals surface area (Å²) >= 11 is 0. The van der Waals surface area contributed by atoms with Gasteiger partial charge in [0.05, 0.1) is 6.10 Å². The summed E-state index contributed by atoms with van der Waals surface area (Å²) in [5, 5.41) is 10.0. The van der Waals surface area contributed by atoms with Crippen molar-refractivity contribution >= 4 is 0 Å². The predicted octanol–water partition coefficient (Wildman–Crippen LogP) is 2.99. The van der Waals surface area contributed by atoms with E-state index >= 15 is 0 Å². The second-order valence-electron chi connectivity index (χ2n) is 3.67. The van der Waals surface area contributed by atoms with Crippen molar-refractivity contribution in [1.82, 2.24) is 0 Å². The minimum Gasteiger partial charge on any atom is -0.387 e. The lowest BCUT2D eigenvalue weighted by atomic mass is 9.92. The highest BCUT2D eigenvalue weighted by molar-refractivity contribution is 5.23. The van der Waals surface area contributed by atoms with Crippen LogP contribution >= 0.6 is 0 Å². The van der Waals surface area contributed by atoms with Crippen LogP contribution in [0.2, 0.25) is 0 Å². The van der Waals surface area contributed by atoms with E-state index in [-0.39, 0.29) is 11.7 Å². The quantitative estimate of drug-likeness (QED) is 0.734. The number of hydrogen-bond acceptors (Lipinski definition) is 1. The second-order valence-corrected chi connectivity index (χ2v) is 3.67. The Morgan fingerprint density at radius 2 is 1.73 bits per heavy atom. The number of benzene rings is 1. The minimum atomic E-state index is -0.585. The lowest BCUT2D eigenvalue weighted by Crippen LogP contribution is -2.09. The normalized spacial score (nSPS) is 18.0. The van der Waals surface area contributed by atoms with Crippen LogP contribution in [0.5, 0.6) is 0 Å². The van der Waals surface area contributed by atoms with Crippen LogP contribution in [0.25, 0.3) is 0 Å². The number of aliphatic hydroxyl groups is 1. The molecule has 0 saturated carbocycles. The minimum absolute atomic E-state index is 0.00390. The molecule has 2 heteroatoms. The van der Waals surface area contributed by atoms with Crippen LogP contribution in [-0.2, 0) is 0 Å². The van der Waals surface area contributed by atoms with Gasteiger partial charge in [-0.25, -0.2) is 4.39 Å². The molecule has 1 aromatic rings. The van der Waals surface area contributed by atoms with Gasteiger partial charge >= 0.3 is 0 Å². The van der Waals surface area contributed by atoms with Gasteiger partial charge in [-0.2, -0.15) is 0 Å². The molecule has 1 nitrogen and oxygen atoms in total. The number of aliphatic hydroxyl groups excluding tert-OH is 1. The fraction of sp³-hybridized carbons (Fsp3) is 0.231. The fourth-order valence-electron chi connectivity index (χ4n) is 1.71. The number of hydrogen-bond donors (Lipinski definition) is 1. The molecule has 0 fully saturated rings. The number of halogens is 1. The smallest absolute Gasteiger partial charge is 0.123 e. The maximum atomic E-state index is 12.7. The van der Waals surface area contributed by atoms with E-state index in [1.54, 1.807) is 12.1 Å². The van der Waals surface area contributed by atoms with Crippen LogP contribution in [0, 0.1) is 11.7 Å². The highest BCUT2D eigenvalue weighted by atomic mass is 19.1. The highest BCUT2D eigenvalue weighted by Crippen LogP contribution is 2.26. The van der Waals surface area contributed by atoms with Gasteiger partial charge in [0.2, 0.25) is 0 Å². The van der Waals surface area contributed by atoms with Gasteiger partial charge in [0.1, 0.15) is 5.82 Å². The lowest BCUT2D eigenvalue weighted by Gasteiger charge is -2.18. The summed E-state index contributed by atoms with van der Waals surface area (Å²) in [6.45, 7) is 0. The van der Waals surface area contributed by atoms with Gasteiger partial charge in [-0.3, -0.25) is 0 Å². The van der Waals surface area contributed by atoms with Crippen LogP contribution in [0.15, 0.2) is 48.6 Å². The molecule has 2 rings (SSSR count). The molecule has 0 radical (unpaired) electrons. The van der Waals surface area contributed by atoms with E-state index in [1.165, 1.54) is 12.1 Å². The molecule has 1 N–H and O–H groups in total. The molecule has 1 aromatic carbocycles. The highest BCUT2D eigenvalue weighted by Gasteiger charge is 2.16. The molecule has 0 amide bonds. The molecule has 0 heterocycles. The van der Waals surface area contributed by atoms with E-state index in [4.69, 9.17) is 0 Å². The number of allylic oxidation sites excluding steroid dienone is 2. The predicted molar refractivity (Wildman–Crippen MR) is 57.7 cm³/mol. The van der Waals surface area contributed by atoms with Crippen molar-refractivity contribution < 1.29 is 9.50 Å². The molecule has 1 atom stereocenters. The second kappa shape index (κ2) is 4.41. The Hall–Kier alpha value is -1.41. The van der Waals surface area contributed by atoms with Crippen molar-refractivity contribution in [3.63, 3.8) is 0 Å². The van der Waals surface area contributed by atoms with Gasteiger partial charge in [-0.1, -0.05) is 36.4 Å². The largest absolute Gasteiger partial charge is 0.387 e. The van der Waals surface area contributed by atoms with Gasteiger partial charge in [0, 0.05) is 5.92 Å². The molecular weight excluding hydrogens is 191 g/mol. The fourth-order valence-corrected chi connectivity index (χ4v) is 1.71. The van der Waals surface area contributed by atoms with Gasteiger partial charge in [-0.05, 0) is 24.1 Å². The first-order chi connectivity index (χ1) is 7.27. The number of rotatable bonds is 2. The van der Waals surface area contributed by atoms with E-state index in [0.717, 1.165) is 12.0 Å². The van der Waals surface area contributed by atoms with Crippen molar-refractivity contribution in [2.24, 2.45) is 5.92 Å². The molecule has 78 valence electrons. The third-order valence-corrected chi connectivity index (χ3v) is 2.56. The molecule has 15 heavy (non-hydrogen) atoms. The van der Waals surface area contributed by atoms with Gasteiger partial charge in [0.25, 0.3) is 0 Å². The SMILES string of the molecule is O[C@H](c1ccc(F)cc1)C1C=CCC=C1. The summed E-state index contributed by atoms with van der Waals surface area (Å²) < 4.78 is 12.7. The van der Waals surface area contributed by atoms with E-state index < -0.39 is 6.10 Å². The first-order valence-electron chi connectivity index (χ1n) is 5.04. The summed E-state index contributed by atoms with van der Waals surface area (Å²) in [5.74, 6) is -0.273. The summed E-state index contributed by atoms with van der Waals surface area (Å²) in [5.41, 5.74) is 0.748. The topological polar surface area (TPSA) is 20.2 Å². The van der Waals surface area contributed by atoms with Crippen molar-refractivity contribution in [1.29, 1.82) is 0 Å². The Morgan fingerprint density at radius 1 is 1.13 bits per heavy atom. The van der Waals surface area contributed by atoms with Crippen LogP contribution in [0.1, 0.15) is 18.1 Å². The third kappa shape index (κ3) is 2.34. The Balaban J connectivity index is 2.16. The molecule has 0 saturated heterocycles. The molecular formula is C13H13FO. The van der Waals surface area contributed by atoms with Gasteiger partial charge < -0.3 is 5.11 Å². The standard InChI is InChI=1S/C13H13FO/c14-12-8-6-11(7-9-12)13(15)10-4-2-1-3-5-10/h2-10,13,15H,1H2/t13-/m0/s1. The first kappa shape index (κ1) is 10.1. The van der Waals surface area contributed by atoms with E-state index in [2.05, 4.69) is 0 Å². The van der Waals surface area contributed by atoms with Crippen molar-refractivity contribution in [3.05, 3.63) is 60.0 Å². The average molecular weight is 204 g/mol. The van der Waals surface area contributed by atoms with Crippen molar-refractivity contribution in [2.45, 2.75) is 12.5 Å². The Bertz CT molecular complexity index is 366. The zero-order valence-electron chi connectivity index (χ0n) is 8.31. The molecule has 0 unspecified atom stereocenters. The molecule has 0 aliphatic heterocycles. The molecule has 1 aliphatic rings.